The second-order valence-corrected chi connectivity index (χ2v) is 21.6. The highest BCUT2D eigenvalue weighted by molar-refractivity contribution is 5.71. The molecule has 1 unspecified atom stereocenters. The van der Waals surface area contributed by atoms with Crippen LogP contribution >= 0.6 is 0 Å². The van der Waals surface area contributed by atoms with Crippen LogP contribution in [0.3, 0.4) is 0 Å². The molecule has 0 saturated heterocycles. The Hall–Kier alpha value is -3.15. The number of esters is 3. The Bertz CT molecular complexity index is 1390. The molecule has 0 bridgehead atoms. The van der Waals surface area contributed by atoms with Gasteiger partial charge in [-0.15, -0.1) is 0 Å². The van der Waals surface area contributed by atoms with Crippen LogP contribution in [0, 0.1) is 0 Å². The molecule has 75 heavy (non-hydrogen) atoms. The van der Waals surface area contributed by atoms with Gasteiger partial charge in [-0.3, -0.25) is 14.4 Å². The van der Waals surface area contributed by atoms with E-state index in [1.807, 2.05) is 0 Å². The summed E-state index contributed by atoms with van der Waals surface area (Å²) >= 11 is 0. The van der Waals surface area contributed by atoms with Crippen molar-refractivity contribution in [2.45, 2.75) is 335 Å². The summed E-state index contributed by atoms with van der Waals surface area (Å²) in [5.74, 6) is -0.907. The lowest BCUT2D eigenvalue weighted by Crippen LogP contribution is -2.30. The molecule has 0 rings (SSSR count). The molecule has 0 heterocycles. The molecule has 6 nitrogen and oxygen atoms in total. The van der Waals surface area contributed by atoms with Gasteiger partial charge in [0.15, 0.2) is 6.10 Å². The van der Waals surface area contributed by atoms with Crippen LogP contribution in [0.15, 0.2) is 72.9 Å². The average Bonchev–Trinajstić information content (AvgIpc) is 3.41. The third-order valence-corrected chi connectivity index (χ3v) is 14.2. The maximum Gasteiger partial charge on any atom is 0.306 e. The number of hydrogen-bond donors (Lipinski definition) is 0. The summed E-state index contributed by atoms with van der Waals surface area (Å²) in [6.07, 6.45) is 81.9. The quantitative estimate of drug-likeness (QED) is 0.0261. The zero-order valence-corrected chi connectivity index (χ0v) is 49.8. The molecular formula is C69H122O6. The number of unbranched alkanes of at least 4 members (excludes halogenated alkanes) is 36. The zero-order valence-electron chi connectivity index (χ0n) is 49.8. The minimum Gasteiger partial charge on any atom is -0.462 e. The monoisotopic (exact) mass is 1050 g/mol. The standard InChI is InChI=1S/C69H122O6/c1-4-7-10-13-16-19-22-25-28-31-33-34-36-38-41-44-47-50-53-56-59-62-68(71)74-65-66(64-73-67(70)61-58-55-52-49-46-43-40-37-30-27-24-21-18-15-12-9-6-3)75-69(72)63-60-57-54-51-48-45-42-39-35-32-29-26-23-20-17-14-11-8-5-2/h8,11,17,20,26-27,29-30,35,39,45,48,66H,4-7,9-10,12-16,18-19,21-25,28,31-34,36-38,40-44,46-47,49-65H2,1-3H3/b11-8-,20-17-,29-26-,30-27-,39-35-,48-45-. The van der Waals surface area contributed by atoms with Crippen LogP contribution in [0.2, 0.25) is 0 Å². The van der Waals surface area contributed by atoms with Crippen molar-refractivity contribution in [2.24, 2.45) is 0 Å². The molecule has 0 aliphatic carbocycles. The Morgan fingerprint density at radius 2 is 0.520 bits per heavy atom. The SMILES string of the molecule is CC/C=C\C/C=C\C/C=C\C/C=C\C/C=C\CCCCCC(=O)OC(COC(=O)CCCCCCCCC/C=C\CCCCCCCC)COC(=O)CCCCCCCCCCCCCCCCCCCCCCC. The van der Waals surface area contributed by atoms with Crippen molar-refractivity contribution in [1.29, 1.82) is 0 Å². The molecule has 0 spiro atoms. The highest BCUT2D eigenvalue weighted by Crippen LogP contribution is 2.17. The van der Waals surface area contributed by atoms with Gasteiger partial charge in [0.2, 0.25) is 0 Å². The Morgan fingerprint density at radius 1 is 0.280 bits per heavy atom. The Morgan fingerprint density at radius 3 is 0.840 bits per heavy atom. The maximum absolute atomic E-state index is 12.9. The number of carbonyl (C=O) groups excluding carboxylic acids is 3. The minimum atomic E-state index is -0.795. The molecule has 0 aromatic carbocycles. The van der Waals surface area contributed by atoms with Crippen molar-refractivity contribution in [3.8, 4) is 0 Å². The first-order chi connectivity index (χ1) is 37.0. The van der Waals surface area contributed by atoms with Crippen molar-refractivity contribution in [1.82, 2.24) is 0 Å². The maximum atomic E-state index is 12.9. The lowest BCUT2D eigenvalue weighted by molar-refractivity contribution is -0.167. The van der Waals surface area contributed by atoms with E-state index < -0.39 is 6.10 Å². The fourth-order valence-electron chi connectivity index (χ4n) is 9.35. The third-order valence-electron chi connectivity index (χ3n) is 14.2. The predicted molar refractivity (Wildman–Crippen MR) is 325 cm³/mol. The molecule has 434 valence electrons. The first-order valence-electron chi connectivity index (χ1n) is 32.4. The molecule has 0 radical (unpaired) electrons. The van der Waals surface area contributed by atoms with E-state index in [1.54, 1.807) is 0 Å². The van der Waals surface area contributed by atoms with Gasteiger partial charge in [0, 0.05) is 19.3 Å². The first kappa shape index (κ1) is 71.8. The molecule has 0 fully saturated rings. The Kier molecular flexibility index (Phi) is 60.7. The van der Waals surface area contributed by atoms with E-state index in [1.165, 1.54) is 193 Å². The number of allylic oxidation sites excluding steroid dienone is 12. The average molecular weight is 1050 g/mol. The Balaban J connectivity index is 4.40. The van der Waals surface area contributed by atoms with Gasteiger partial charge < -0.3 is 14.2 Å². The largest absolute Gasteiger partial charge is 0.462 e. The third kappa shape index (κ3) is 61.6. The van der Waals surface area contributed by atoms with Crippen LogP contribution < -0.4 is 0 Å². The molecule has 0 aliphatic rings. The summed E-state index contributed by atoms with van der Waals surface area (Å²) < 4.78 is 16.9. The lowest BCUT2D eigenvalue weighted by atomic mass is 10.0. The van der Waals surface area contributed by atoms with E-state index >= 15 is 0 Å². The fourth-order valence-corrected chi connectivity index (χ4v) is 9.35. The van der Waals surface area contributed by atoms with E-state index in [0.29, 0.717) is 19.3 Å². The van der Waals surface area contributed by atoms with E-state index in [2.05, 4.69) is 93.7 Å². The van der Waals surface area contributed by atoms with Crippen molar-refractivity contribution < 1.29 is 28.6 Å². The summed E-state index contributed by atoms with van der Waals surface area (Å²) in [6.45, 7) is 6.54. The summed E-state index contributed by atoms with van der Waals surface area (Å²) in [5, 5.41) is 0. The van der Waals surface area contributed by atoms with Crippen LogP contribution in [-0.4, -0.2) is 37.2 Å². The van der Waals surface area contributed by atoms with Gasteiger partial charge in [-0.05, 0) is 89.9 Å². The van der Waals surface area contributed by atoms with Gasteiger partial charge in [-0.1, -0.05) is 293 Å². The summed E-state index contributed by atoms with van der Waals surface area (Å²) in [7, 11) is 0. The van der Waals surface area contributed by atoms with Crippen molar-refractivity contribution in [2.75, 3.05) is 13.2 Å². The normalized spacial score (nSPS) is 12.5. The number of ether oxygens (including phenoxy) is 3. The second-order valence-electron chi connectivity index (χ2n) is 21.6. The van der Waals surface area contributed by atoms with Crippen LogP contribution in [0.25, 0.3) is 0 Å². The van der Waals surface area contributed by atoms with Gasteiger partial charge >= 0.3 is 17.9 Å². The molecular weight excluding hydrogens is 925 g/mol. The Labute approximate surface area is 465 Å². The van der Waals surface area contributed by atoms with Gasteiger partial charge in [-0.2, -0.15) is 0 Å². The number of rotatable bonds is 59. The highest BCUT2D eigenvalue weighted by Gasteiger charge is 2.19. The second kappa shape index (κ2) is 63.4. The smallest absolute Gasteiger partial charge is 0.306 e. The summed E-state index contributed by atoms with van der Waals surface area (Å²) in [5.41, 5.74) is 0. The van der Waals surface area contributed by atoms with Gasteiger partial charge in [0.05, 0.1) is 0 Å². The van der Waals surface area contributed by atoms with Crippen molar-refractivity contribution in [3.05, 3.63) is 72.9 Å². The summed E-state index contributed by atoms with van der Waals surface area (Å²) in [4.78, 5) is 38.3. The summed E-state index contributed by atoms with van der Waals surface area (Å²) in [6, 6.07) is 0. The molecule has 0 amide bonds. The number of hydrogen-bond acceptors (Lipinski definition) is 6. The minimum absolute atomic E-state index is 0.0872. The van der Waals surface area contributed by atoms with Crippen LogP contribution in [-0.2, 0) is 28.6 Å². The zero-order chi connectivity index (χ0) is 54.3. The molecule has 0 aromatic heterocycles. The first-order valence-corrected chi connectivity index (χ1v) is 32.4. The van der Waals surface area contributed by atoms with E-state index in [0.717, 1.165) is 96.3 Å². The molecule has 0 aliphatic heterocycles. The van der Waals surface area contributed by atoms with Crippen molar-refractivity contribution >= 4 is 17.9 Å². The molecule has 6 heteroatoms. The van der Waals surface area contributed by atoms with Gasteiger partial charge in [0.25, 0.3) is 0 Å². The topological polar surface area (TPSA) is 78.9 Å². The molecule has 0 saturated carbocycles. The van der Waals surface area contributed by atoms with Gasteiger partial charge in [-0.25, -0.2) is 0 Å². The number of carbonyl (C=O) groups is 3. The van der Waals surface area contributed by atoms with Crippen LogP contribution in [0.1, 0.15) is 329 Å². The van der Waals surface area contributed by atoms with Crippen LogP contribution in [0.4, 0.5) is 0 Å². The van der Waals surface area contributed by atoms with Gasteiger partial charge in [0.1, 0.15) is 13.2 Å². The molecule has 1 atom stereocenters. The molecule has 0 N–H and O–H groups in total. The molecule has 0 aromatic rings. The fraction of sp³-hybridized carbons (Fsp3) is 0.783. The highest BCUT2D eigenvalue weighted by atomic mass is 16.6. The van der Waals surface area contributed by atoms with E-state index in [9.17, 15) is 14.4 Å². The lowest BCUT2D eigenvalue weighted by Gasteiger charge is -2.18. The van der Waals surface area contributed by atoms with Crippen LogP contribution in [0.5, 0.6) is 0 Å². The predicted octanol–water partition coefficient (Wildman–Crippen LogP) is 22.1. The van der Waals surface area contributed by atoms with E-state index in [-0.39, 0.29) is 31.1 Å². The van der Waals surface area contributed by atoms with E-state index in [4.69, 9.17) is 14.2 Å². The van der Waals surface area contributed by atoms with Crippen molar-refractivity contribution in [3.63, 3.8) is 0 Å².